The highest BCUT2D eigenvalue weighted by atomic mass is 32.2. The minimum Gasteiger partial charge on any atom is -0.342 e. The number of amides is 2. The van der Waals surface area contributed by atoms with Gasteiger partial charge in [-0.05, 0) is 43.1 Å². The Morgan fingerprint density at radius 3 is 2.29 bits per heavy atom. The van der Waals surface area contributed by atoms with Gasteiger partial charge in [0.2, 0.25) is 11.8 Å². The first-order chi connectivity index (χ1) is 9.86. The minimum atomic E-state index is -0.338. The quantitative estimate of drug-likeness (QED) is 0.700. The molecule has 2 atom stereocenters. The van der Waals surface area contributed by atoms with Crippen molar-refractivity contribution in [3.8, 4) is 0 Å². The Bertz CT molecular complexity index is 358. The lowest BCUT2D eigenvalue weighted by atomic mass is 9.94. The standard InChI is InChI=1S/C16H30N2O2S/c1-11(2)9-13-16(20)18(7-6-8-21-5)14(10-12(3)4)15(19)17-13/h11-14H,6-10H2,1-5H3,(H,17,19). The SMILES string of the molecule is CSCCCN1C(=O)C(CC(C)C)NC(=O)C1CC(C)C. The average Bonchev–Trinajstić information content (AvgIpc) is 2.38. The molecule has 0 aromatic carbocycles. The van der Waals surface area contributed by atoms with Crippen LogP contribution in [0, 0.1) is 11.8 Å². The molecule has 0 aliphatic carbocycles. The van der Waals surface area contributed by atoms with Crippen molar-refractivity contribution < 1.29 is 9.59 Å². The summed E-state index contributed by atoms with van der Waals surface area (Å²) in [7, 11) is 0. The Kier molecular flexibility index (Phi) is 7.57. The largest absolute Gasteiger partial charge is 0.342 e. The molecular weight excluding hydrogens is 284 g/mol. The summed E-state index contributed by atoms with van der Waals surface area (Å²) >= 11 is 1.78. The van der Waals surface area contributed by atoms with Gasteiger partial charge in [0.15, 0.2) is 0 Å². The van der Waals surface area contributed by atoms with Crippen molar-refractivity contribution in [2.24, 2.45) is 11.8 Å². The topological polar surface area (TPSA) is 49.4 Å². The summed E-state index contributed by atoms with van der Waals surface area (Å²) in [5, 5.41) is 2.94. The summed E-state index contributed by atoms with van der Waals surface area (Å²) in [4.78, 5) is 26.9. The molecule has 0 aromatic rings. The second-order valence-corrected chi connectivity index (χ2v) is 7.70. The highest BCUT2D eigenvalue weighted by Gasteiger charge is 2.40. The molecular formula is C16H30N2O2S. The Hall–Kier alpha value is -0.710. The maximum absolute atomic E-state index is 12.7. The van der Waals surface area contributed by atoms with E-state index in [9.17, 15) is 9.59 Å². The minimum absolute atomic E-state index is 0.0260. The Morgan fingerprint density at radius 1 is 1.14 bits per heavy atom. The molecule has 0 spiro atoms. The van der Waals surface area contributed by atoms with Crippen LogP contribution >= 0.6 is 11.8 Å². The van der Waals surface area contributed by atoms with Gasteiger partial charge in [0.1, 0.15) is 12.1 Å². The van der Waals surface area contributed by atoms with Crippen molar-refractivity contribution in [2.45, 2.75) is 59.0 Å². The summed E-state index contributed by atoms with van der Waals surface area (Å²) < 4.78 is 0. The van der Waals surface area contributed by atoms with Crippen molar-refractivity contribution in [1.29, 1.82) is 0 Å². The van der Waals surface area contributed by atoms with E-state index < -0.39 is 0 Å². The third kappa shape index (κ3) is 5.53. The summed E-state index contributed by atoms with van der Waals surface area (Å²) in [6.45, 7) is 9.05. The number of carbonyl (C=O) groups excluding carboxylic acids is 2. The molecule has 0 aromatic heterocycles. The van der Waals surface area contributed by atoms with Gasteiger partial charge in [-0.2, -0.15) is 11.8 Å². The summed E-state index contributed by atoms with van der Waals surface area (Å²) in [6, 6.07) is -0.627. The van der Waals surface area contributed by atoms with Crippen molar-refractivity contribution in [2.75, 3.05) is 18.6 Å². The van der Waals surface area contributed by atoms with Crippen molar-refractivity contribution in [1.82, 2.24) is 10.2 Å². The fourth-order valence-corrected chi connectivity index (χ4v) is 3.20. The van der Waals surface area contributed by atoms with E-state index in [1.165, 1.54) is 0 Å². The first-order valence-corrected chi connectivity index (χ1v) is 9.36. The van der Waals surface area contributed by atoms with Crippen molar-refractivity contribution >= 4 is 23.6 Å². The van der Waals surface area contributed by atoms with Crippen LogP contribution in [0.15, 0.2) is 0 Å². The average molecular weight is 314 g/mol. The molecule has 1 aliphatic heterocycles. The predicted octanol–water partition coefficient (Wildman–Crippen LogP) is 2.53. The third-order valence-electron chi connectivity index (χ3n) is 3.73. The molecule has 21 heavy (non-hydrogen) atoms. The summed E-state index contributed by atoms with van der Waals surface area (Å²) in [5.41, 5.74) is 0. The lowest BCUT2D eigenvalue weighted by Gasteiger charge is -2.40. The van der Waals surface area contributed by atoms with E-state index in [4.69, 9.17) is 0 Å². The molecule has 4 nitrogen and oxygen atoms in total. The van der Waals surface area contributed by atoms with E-state index in [1.54, 1.807) is 11.8 Å². The van der Waals surface area contributed by atoms with E-state index >= 15 is 0 Å². The fraction of sp³-hybridized carbons (Fsp3) is 0.875. The van der Waals surface area contributed by atoms with Gasteiger partial charge in [0.25, 0.3) is 0 Å². The maximum Gasteiger partial charge on any atom is 0.245 e. The number of rotatable bonds is 8. The number of nitrogens with one attached hydrogen (secondary N) is 1. The van der Waals surface area contributed by atoms with Crippen LogP contribution < -0.4 is 5.32 Å². The van der Waals surface area contributed by atoms with Gasteiger partial charge in [-0.3, -0.25) is 9.59 Å². The van der Waals surface area contributed by atoms with Crippen molar-refractivity contribution in [3.63, 3.8) is 0 Å². The van der Waals surface area contributed by atoms with Crippen LogP contribution in [0.2, 0.25) is 0 Å². The normalized spacial score (nSPS) is 23.1. The van der Waals surface area contributed by atoms with Crippen LogP contribution in [-0.4, -0.2) is 47.4 Å². The summed E-state index contributed by atoms with van der Waals surface area (Å²) in [6.07, 6.45) is 4.48. The smallest absolute Gasteiger partial charge is 0.245 e. The van der Waals surface area contributed by atoms with Gasteiger partial charge in [0.05, 0.1) is 0 Å². The first kappa shape index (κ1) is 18.3. The van der Waals surface area contributed by atoms with Gasteiger partial charge in [0, 0.05) is 6.54 Å². The zero-order valence-electron chi connectivity index (χ0n) is 14.0. The van der Waals surface area contributed by atoms with Crippen LogP contribution in [0.25, 0.3) is 0 Å². The molecule has 1 saturated heterocycles. The monoisotopic (exact) mass is 314 g/mol. The molecule has 2 unspecified atom stereocenters. The number of hydrogen-bond acceptors (Lipinski definition) is 3. The van der Waals surface area contributed by atoms with Crippen LogP contribution in [0.1, 0.15) is 47.0 Å². The fourth-order valence-electron chi connectivity index (χ4n) is 2.78. The second kappa shape index (κ2) is 8.66. The van der Waals surface area contributed by atoms with E-state index in [-0.39, 0.29) is 23.9 Å². The Balaban J connectivity index is 2.82. The molecule has 2 amide bonds. The number of nitrogens with zero attached hydrogens (tertiary/aromatic N) is 1. The van der Waals surface area contributed by atoms with Gasteiger partial charge in [-0.15, -0.1) is 0 Å². The van der Waals surface area contributed by atoms with E-state index in [0.29, 0.717) is 18.4 Å². The Morgan fingerprint density at radius 2 is 1.76 bits per heavy atom. The third-order valence-corrected chi connectivity index (χ3v) is 4.42. The molecule has 1 N–H and O–H groups in total. The van der Waals surface area contributed by atoms with E-state index in [0.717, 1.165) is 25.0 Å². The zero-order chi connectivity index (χ0) is 16.0. The van der Waals surface area contributed by atoms with E-state index in [2.05, 4.69) is 39.3 Å². The van der Waals surface area contributed by atoms with E-state index in [1.807, 2.05) is 4.90 Å². The highest BCUT2D eigenvalue weighted by Crippen LogP contribution is 2.21. The highest BCUT2D eigenvalue weighted by molar-refractivity contribution is 7.98. The number of thioether (sulfide) groups is 1. The molecule has 1 heterocycles. The lowest BCUT2D eigenvalue weighted by molar-refractivity contribution is -0.150. The molecule has 0 radical (unpaired) electrons. The van der Waals surface area contributed by atoms with Crippen molar-refractivity contribution in [3.05, 3.63) is 0 Å². The Labute approximate surface area is 133 Å². The predicted molar refractivity (Wildman–Crippen MR) is 89.3 cm³/mol. The molecule has 1 rings (SSSR count). The van der Waals surface area contributed by atoms with Crippen LogP contribution in [-0.2, 0) is 9.59 Å². The molecule has 122 valence electrons. The molecule has 0 bridgehead atoms. The molecule has 5 heteroatoms. The lowest BCUT2D eigenvalue weighted by Crippen LogP contribution is -2.63. The summed E-state index contributed by atoms with van der Waals surface area (Å²) in [5.74, 6) is 1.95. The number of hydrogen-bond donors (Lipinski definition) is 1. The van der Waals surface area contributed by atoms with Gasteiger partial charge in [-0.1, -0.05) is 27.7 Å². The van der Waals surface area contributed by atoms with Crippen LogP contribution in [0.3, 0.4) is 0 Å². The van der Waals surface area contributed by atoms with Crippen LogP contribution in [0.4, 0.5) is 0 Å². The number of carbonyl (C=O) groups is 2. The van der Waals surface area contributed by atoms with Gasteiger partial charge < -0.3 is 10.2 Å². The zero-order valence-corrected chi connectivity index (χ0v) is 14.8. The molecule has 1 aliphatic rings. The van der Waals surface area contributed by atoms with Crippen LogP contribution in [0.5, 0.6) is 0 Å². The maximum atomic E-state index is 12.7. The van der Waals surface area contributed by atoms with Gasteiger partial charge in [-0.25, -0.2) is 0 Å². The van der Waals surface area contributed by atoms with Gasteiger partial charge >= 0.3 is 0 Å². The first-order valence-electron chi connectivity index (χ1n) is 7.96. The second-order valence-electron chi connectivity index (χ2n) is 6.71. The molecule has 1 fully saturated rings. The number of piperazine rings is 1. The molecule has 0 saturated carbocycles.